The van der Waals surface area contributed by atoms with Gasteiger partial charge < -0.3 is 20.9 Å². The summed E-state index contributed by atoms with van der Waals surface area (Å²) in [6.45, 7) is 6.69. The number of carbonyl (C=O) groups excluding carboxylic acids is 2. The van der Waals surface area contributed by atoms with Gasteiger partial charge in [0.05, 0.1) is 5.69 Å². The molecule has 0 bridgehead atoms. The number of aryl methyl sites for hydroxylation is 2. The van der Waals surface area contributed by atoms with Gasteiger partial charge in [-0.05, 0) is 53.1 Å². The second kappa shape index (κ2) is 9.85. The van der Waals surface area contributed by atoms with E-state index in [1.165, 1.54) is 0 Å². The number of nitrogens with two attached hydrogens (primary N) is 1. The van der Waals surface area contributed by atoms with Gasteiger partial charge in [0.2, 0.25) is 11.8 Å². The number of rotatable bonds is 8. The molecule has 0 spiro atoms. The second-order valence-corrected chi connectivity index (χ2v) is 7.79. The lowest BCUT2D eigenvalue weighted by atomic mass is 9.91. The zero-order chi connectivity index (χ0) is 20.0. The van der Waals surface area contributed by atoms with Gasteiger partial charge in [-0.25, -0.2) is 0 Å². The molecular weight excluding hydrogens is 344 g/mol. The SMILES string of the molecule is Cc1n[nH]c(C)c1[C@H](N)C(=O)N1CCC(CCC(=O)NCCN(C)C)CC1. The third kappa shape index (κ3) is 6.04. The molecule has 1 aromatic heterocycles. The van der Waals surface area contributed by atoms with Crippen molar-refractivity contribution in [2.75, 3.05) is 40.3 Å². The predicted octanol–water partition coefficient (Wildman–Crippen LogP) is 0.723. The van der Waals surface area contributed by atoms with Gasteiger partial charge in [0.25, 0.3) is 0 Å². The number of H-pyrrole nitrogens is 1. The molecular formula is C19H34N6O2. The Morgan fingerprint density at radius 3 is 2.56 bits per heavy atom. The van der Waals surface area contributed by atoms with Crippen LogP contribution in [0.25, 0.3) is 0 Å². The molecule has 2 rings (SSSR count). The minimum Gasteiger partial charge on any atom is -0.355 e. The number of aromatic amines is 1. The molecule has 8 nitrogen and oxygen atoms in total. The van der Waals surface area contributed by atoms with Gasteiger partial charge in [0.15, 0.2) is 0 Å². The van der Waals surface area contributed by atoms with Crippen molar-refractivity contribution in [2.45, 2.75) is 45.6 Å². The van der Waals surface area contributed by atoms with Crippen LogP contribution in [-0.2, 0) is 9.59 Å². The first-order chi connectivity index (χ1) is 12.8. The van der Waals surface area contributed by atoms with Gasteiger partial charge in [0, 0.05) is 43.9 Å². The average Bonchev–Trinajstić information content (AvgIpc) is 2.97. The number of aromatic nitrogens is 2. The van der Waals surface area contributed by atoms with Gasteiger partial charge in [-0.1, -0.05) is 0 Å². The normalized spacial score (nSPS) is 16.6. The summed E-state index contributed by atoms with van der Waals surface area (Å²) >= 11 is 0. The Morgan fingerprint density at radius 2 is 2.00 bits per heavy atom. The summed E-state index contributed by atoms with van der Waals surface area (Å²) in [6.07, 6.45) is 3.28. The topological polar surface area (TPSA) is 107 Å². The Hall–Kier alpha value is -1.93. The lowest BCUT2D eigenvalue weighted by Gasteiger charge is -2.33. The Kier molecular flexibility index (Phi) is 7.79. The van der Waals surface area contributed by atoms with E-state index in [2.05, 4.69) is 15.5 Å². The molecule has 0 saturated carbocycles. The summed E-state index contributed by atoms with van der Waals surface area (Å²) < 4.78 is 0. The van der Waals surface area contributed by atoms with Crippen LogP contribution in [0.3, 0.4) is 0 Å². The van der Waals surface area contributed by atoms with Crippen LogP contribution in [-0.4, -0.2) is 72.1 Å². The maximum Gasteiger partial charge on any atom is 0.244 e. The van der Waals surface area contributed by atoms with Crippen molar-refractivity contribution in [3.63, 3.8) is 0 Å². The lowest BCUT2D eigenvalue weighted by molar-refractivity contribution is -0.134. The van der Waals surface area contributed by atoms with Crippen LogP contribution in [0.15, 0.2) is 0 Å². The number of amides is 2. The fourth-order valence-corrected chi connectivity index (χ4v) is 3.62. The molecule has 0 radical (unpaired) electrons. The monoisotopic (exact) mass is 378 g/mol. The van der Waals surface area contributed by atoms with E-state index in [0.717, 1.165) is 42.8 Å². The fourth-order valence-electron chi connectivity index (χ4n) is 3.62. The minimum absolute atomic E-state index is 0.0394. The van der Waals surface area contributed by atoms with Crippen LogP contribution < -0.4 is 11.1 Å². The lowest BCUT2D eigenvalue weighted by Crippen LogP contribution is -2.43. The summed E-state index contributed by atoms with van der Waals surface area (Å²) in [7, 11) is 3.98. The molecule has 2 heterocycles. The number of carbonyl (C=O) groups is 2. The largest absolute Gasteiger partial charge is 0.355 e. The maximum absolute atomic E-state index is 12.7. The molecule has 8 heteroatoms. The quantitative estimate of drug-likeness (QED) is 0.618. The molecule has 1 aromatic rings. The average molecular weight is 379 g/mol. The number of piperidine rings is 1. The number of likely N-dealkylation sites (N-methyl/N-ethyl adjacent to an activating group) is 1. The molecule has 4 N–H and O–H groups in total. The van der Waals surface area contributed by atoms with E-state index in [1.807, 2.05) is 37.7 Å². The molecule has 0 aromatic carbocycles. The molecule has 27 heavy (non-hydrogen) atoms. The molecule has 0 aliphatic carbocycles. The van der Waals surface area contributed by atoms with Crippen LogP contribution in [0.4, 0.5) is 0 Å². The van der Waals surface area contributed by atoms with E-state index in [0.29, 0.717) is 32.0 Å². The number of hydrogen-bond donors (Lipinski definition) is 3. The highest BCUT2D eigenvalue weighted by atomic mass is 16.2. The van der Waals surface area contributed by atoms with E-state index in [9.17, 15) is 9.59 Å². The van der Waals surface area contributed by atoms with Crippen LogP contribution in [0.2, 0.25) is 0 Å². The molecule has 1 aliphatic rings. The van der Waals surface area contributed by atoms with E-state index < -0.39 is 6.04 Å². The summed E-state index contributed by atoms with van der Waals surface area (Å²) in [4.78, 5) is 28.5. The molecule has 1 fully saturated rings. The molecule has 0 unspecified atom stereocenters. The summed E-state index contributed by atoms with van der Waals surface area (Å²) in [6, 6.07) is -0.664. The Morgan fingerprint density at radius 1 is 1.33 bits per heavy atom. The smallest absolute Gasteiger partial charge is 0.244 e. The van der Waals surface area contributed by atoms with Crippen molar-refractivity contribution < 1.29 is 9.59 Å². The molecule has 2 amide bonds. The van der Waals surface area contributed by atoms with Crippen LogP contribution in [0.5, 0.6) is 0 Å². The molecule has 1 atom stereocenters. The number of nitrogens with zero attached hydrogens (tertiary/aromatic N) is 3. The van der Waals surface area contributed by atoms with Crippen molar-refractivity contribution in [3.05, 3.63) is 17.0 Å². The summed E-state index contributed by atoms with van der Waals surface area (Å²) in [5, 5.41) is 9.97. The Bertz CT molecular complexity index is 615. The highest BCUT2D eigenvalue weighted by molar-refractivity contribution is 5.83. The zero-order valence-corrected chi connectivity index (χ0v) is 17.0. The van der Waals surface area contributed by atoms with Crippen molar-refractivity contribution >= 4 is 11.8 Å². The van der Waals surface area contributed by atoms with Gasteiger partial charge in [-0.2, -0.15) is 5.10 Å². The third-order valence-electron chi connectivity index (χ3n) is 5.35. The van der Waals surface area contributed by atoms with Gasteiger partial charge in [-0.15, -0.1) is 0 Å². The molecule has 152 valence electrons. The van der Waals surface area contributed by atoms with Gasteiger partial charge in [0.1, 0.15) is 6.04 Å². The first kappa shape index (κ1) is 21.4. The van der Waals surface area contributed by atoms with Crippen LogP contribution >= 0.6 is 0 Å². The summed E-state index contributed by atoms with van der Waals surface area (Å²) in [5.74, 6) is 0.563. The summed E-state index contributed by atoms with van der Waals surface area (Å²) in [5.41, 5.74) is 8.64. The maximum atomic E-state index is 12.7. The highest BCUT2D eigenvalue weighted by Gasteiger charge is 2.29. The predicted molar refractivity (Wildman–Crippen MR) is 105 cm³/mol. The van der Waals surface area contributed by atoms with Crippen LogP contribution in [0.1, 0.15) is 48.7 Å². The minimum atomic E-state index is -0.664. The van der Waals surface area contributed by atoms with Crippen molar-refractivity contribution in [1.82, 2.24) is 25.3 Å². The number of nitrogens with one attached hydrogen (secondary N) is 2. The van der Waals surface area contributed by atoms with E-state index in [1.54, 1.807) is 0 Å². The Labute approximate surface area is 161 Å². The van der Waals surface area contributed by atoms with Crippen molar-refractivity contribution in [1.29, 1.82) is 0 Å². The van der Waals surface area contributed by atoms with Gasteiger partial charge in [-0.3, -0.25) is 14.7 Å². The molecule has 1 saturated heterocycles. The third-order valence-corrected chi connectivity index (χ3v) is 5.35. The molecule has 1 aliphatic heterocycles. The highest BCUT2D eigenvalue weighted by Crippen LogP contribution is 2.25. The Balaban J connectivity index is 1.73. The van der Waals surface area contributed by atoms with E-state index in [4.69, 9.17) is 5.73 Å². The van der Waals surface area contributed by atoms with E-state index >= 15 is 0 Å². The zero-order valence-electron chi connectivity index (χ0n) is 17.0. The van der Waals surface area contributed by atoms with Gasteiger partial charge >= 0.3 is 0 Å². The van der Waals surface area contributed by atoms with E-state index in [-0.39, 0.29) is 11.8 Å². The van der Waals surface area contributed by atoms with Crippen molar-refractivity contribution in [2.24, 2.45) is 11.7 Å². The number of hydrogen-bond acceptors (Lipinski definition) is 5. The standard InChI is InChI=1S/C19H34N6O2/c1-13-17(14(2)23-22-13)18(20)19(27)25-10-7-15(8-11-25)5-6-16(26)21-9-12-24(3)4/h15,18H,5-12,20H2,1-4H3,(H,21,26)(H,22,23)/t18-/m0/s1. The fraction of sp³-hybridized carbons (Fsp3) is 0.737. The second-order valence-electron chi connectivity index (χ2n) is 7.79. The van der Waals surface area contributed by atoms with Crippen molar-refractivity contribution in [3.8, 4) is 0 Å². The van der Waals surface area contributed by atoms with Crippen LogP contribution in [0, 0.1) is 19.8 Å². The first-order valence-corrected chi connectivity index (χ1v) is 9.76. The first-order valence-electron chi connectivity index (χ1n) is 9.76. The number of likely N-dealkylation sites (tertiary alicyclic amines) is 1.